The van der Waals surface area contributed by atoms with Crippen molar-refractivity contribution in [2.24, 2.45) is 17.6 Å². The summed E-state index contributed by atoms with van der Waals surface area (Å²) in [4.78, 5) is 23.1. The molecule has 112 valence electrons. The molecule has 0 fully saturated rings. The number of nitrogens with two attached hydrogens (primary N) is 1. The zero-order valence-electron chi connectivity index (χ0n) is 11.9. The van der Waals surface area contributed by atoms with Gasteiger partial charge in [-0.15, -0.1) is 0 Å². The molecule has 0 saturated heterocycles. The smallest absolute Gasteiger partial charge is 0.165 e. The minimum atomic E-state index is -1.06. The average Bonchev–Trinajstić information content (AvgIpc) is 2.36. The number of rotatable bonds is 10. The van der Waals surface area contributed by atoms with Crippen molar-refractivity contribution >= 4 is 11.6 Å². The van der Waals surface area contributed by atoms with Crippen LogP contribution < -0.4 is 11.1 Å². The molecule has 0 aliphatic carbocycles. The van der Waals surface area contributed by atoms with Crippen LogP contribution in [0.2, 0.25) is 0 Å². The molecule has 0 rings (SSSR count). The van der Waals surface area contributed by atoms with Crippen molar-refractivity contribution in [2.45, 2.75) is 39.4 Å². The average molecular weight is 274 g/mol. The molecule has 0 bridgehead atoms. The Balaban J connectivity index is 4.00. The van der Waals surface area contributed by atoms with Crippen molar-refractivity contribution in [3.63, 3.8) is 0 Å². The van der Waals surface area contributed by atoms with Crippen molar-refractivity contribution in [1.29, 1.82) is 0 Å². The van der Waals surface area contributed by atoms with Gasteiger partial charge in [-0.05, 0) is 13.0 Å². The van der Waals surface area contributed by atoms with Crippen LogP contribution in [0.5, 0.6) is 0 Å². The number of carbonyl (C=O) groups excluding carboxylic acids is 2. The third kappa shape index (κ3) is 6.77. The molecule has 0 saturated carbocycles. The molecule has 6 nitrogen and oxygen atoms in total. The number of carbonyl (C=O) groups is 2. The number of aliphatic hydroxyl groups is 2. The molecule has 0 spiro atoms. The van der Waals surface area contributed by atoms with E-state index in [0.717, 1.165) is 0 Å². The number of nitrogens with one attached hydrogen (secondary N) is 1. The Bertz CT molecular complexity index is 294. The van der Waals surface area contributed by atoms with Gasteiger partial charge in [0, 0.05) is 24.9 Å². The Morgan fingerprint density at radius 2 is 1.63 bits per heavy atom. The zero-order valence-corrected chi connectivity index (χ0v) is 11.9. The standard InChI is InChI=1S/C13H26N2O4/c1-8(2)12(18)11(17)7-15-6-9(3)13(19)10(16)4-5-14/h8-11,15-17H,4-7,14H2,1-3H3. The second-order valence-corrected chi connectivity index (χ2v) is 5.13. The third-order valence-corrected chi connectivity index (χ3v) is 2.94. The summed E-state index contributed by atoms with van der Waals surface area (Å²) in [7, 11) is 0. The fraction of sp³-hybridized carbons (Fsp3) is 0.846. The van der Waals surface area contributed by atoms with Crippen molar-refractivity contribution < 1.29 is 19.8 Å². The lowest BCUT2D eigenvalue weighted by Crippen LogP contribution is -2.40. The molecule has 0 aromatic carbocycles. The minimum absolute atomic E-state index is 0.113. The Hall–Kier alpha value is -0.820. The summed E-state index contributed by atoms with van der Waals surface area (Å²) in [5.74, 6) is -1.11. The fourth-order valence-corrected chi connectivity index (χ4v) is 1.65. The highest BCUT2D eigenvalue weighted by Gasteiger charge is 2.22. The molecule has 0 heterocycles. The zero-order chi connectivity index (χ0) is 15.0. The number of Topliss-reactive ketones (excluding diaryl/α,β-unsaturated/α-hetero) is 2. The molecule has 19 heavy (non-hydrogen) atoms. The molecule has 0 radical (unpaired) electrons. The van der Waals surface area contributed by atoms with E-state index in [2.05, 4.69) is 5.32 Å². The summed E-state index contributed by atoms with van der Waals surface area (Å²) in [6.07, 6.45) is -1.85. The van der Waals surface area contributed by atoms with Gasteiger partial charge in [-0.2, -0.15) is 0 Å². The van der Waals surface area contributed by atoms with E-state index in [9.17, 15) is 19.8 Å². The first-order chi connectivity index (χ1) is 8.81. The number of aliphatic hydroxyl groups excluding tert-OH is 2. The van der Waals surface area contributed by atoms with Gasteiger partial charge in [-0.3, -0.25) is 9.59 Å². The van der Waals surface area contributed by atoms with Crippen LogP contribution in [-0.2, 0) is 9.59 Å². The summed E-state index contributed by atoms with van der Waals surface area (Å²) in [6.45, 7) is 5.81. The van der Waals surface area contributed by atoms with Gasteiger partial charge in [0.05, 0.1) is 0 Å². The van der Waals surface area contributed by atoms with Gasteiger partial charge in [-0.25, -0.2) is 0 Å². The first-order valence-electron chi connectivity index (χ1n) is 6.65. The Kier molecular flexibility index (Phi) is 8.75. The number of hydrogen-bond acceptors (Lipinski definition) is 6. The van der Waals surface area contributed by atoms with Crippen molar-refractivity contribution in [2.75, 3.05) is 19.6 Å². The molecule has 0 amide bonds. The highest BCUT2D eigenvalue weighted by Crippen LogP contribution is 2.04. The van der Waals surface area contributed by atoms with E-state index in [4.69, 9.17) is 5.73 Å². The van der Waals surface area contributed by atoms with Crippen LogP contribution in [0.3, 0.4) is 0 Å². The predicted octanol–water partition coefficient (Wildman–Crippen LogP) is -0.923. The van der Waals surface area contributed by atoms with E-state index >= 15 is 0 Å². The first-order valence-corrected chi connectivity index (χ1v) is 6.65. The minimum Gasteiger partial charge on any atom is -0.385 e. The van der Waals surface area contributed by atoms with Gasteiger partial charge < -0.3 is 21.3 Å². The second kappa shape index (κ2) is 9.14. The van der Waals surface area contributed by atoms with Gasteiger partial charge in [0.25, 0.3) is 0 Å². The monoisotopic (exact) mass is 274 g/mol. The molecule has 6 heteroatoms. The normalized spacial score (nSPS) is 16.2. The fourth-order valence-electron chi connectivity index (χ4n) is 1.65. The lowest BCUT2D eigenvalue weighted by atomic mass is 9.99. The second-order valence-electron chi connectivity index (χ2n) is 5.13. The molecule has 0 aromatic rings. The highest BCUT2D eigenvalue weighted by molar-refractivity contribution is 5.85. The largest absolute Gasteiger partial charge is 0.385 e. The SMILES string of the molecule is CC(C)C(=O)C(O)CNCC(C)C(=O)C(O)CCN. The van der Waals surface area contributed by atoms with Gasteiger partial charge in [-0.1, -0.05) is 20.8 Å². The van der Waals surface area contributed by atoms with Crippen LogP contribution in [-0.4, -0.2) is 53.6 Å². The van der Waals surface area contributed by atoms with Gasteiger partial charge >= 0.3 is 0 Å². The summed E-state index contributed by atoms with van der Waals surface area (Å²) >= 11 is 0. The first kappa shape index (κ1) is 18.2. The lowest BCUT2D eigenvalue weighted by Gasteiger charge is -2.17. The third-order valence-electron chi connectivity index (χ3n) is 2.94. The van der Waals surface area contributed by atoms with Crippen molar-refractivity contribution in [3.05, 3.63) is 0 Å². The van der Waals surface area contributed by atoms with Crippen LogP contribution in [0.1, 0.15) is 27.2 Å². The highest BCUT2D eigenvalue weighted by atomic mass is 16.3. The maximum atomic E-state index is 11.7. The summed E-state index contributed by atoms with van der Waals surface area (Å²) in [5.41, 5.74) is 5.27. The van der Waals surface area contributed by atoms with Gasteiger partial charge in [0.1, 0.15) is 12.2 Å². The Labute approximate surface area is 114 Å². The van der Waals surface area contributed by atoms with Crippen molar-refractivity contribution in [1.82, 2.24) is 5.32 Å². The van der Waals surface area contributed by atoms with Crippen LogP contribution in [0.15, 0.2) is 0 Å². The van der Waals surface area contributed by atoms with Gasteiger partial charge in [0.2, 0.25) is 0 Å². The maximum Gasteiger partial charge on any atom is 0.165 e. The van der Waals surface area contributed by atoms with E-state index in [1.54, 1.807) is 20.8 Å². The number of hydrogen-bond donors (Lipinski definition) is 4. The Morgan fingerprint density at radius 3 is 2.11 bits per heavy atom. The quantitative estimate of drug-likeness (QED) is 0.410. The van der Waals surface area contributed by atoms with Crippen LogP contribution in [0, 0.1) is 11.8 Å². The van der Waals surface area contributed by atoms with Gasteiger partial charge in [0.15, 0.2) is 11.6 Å². The van der Waals surface area contributed by atoms with Crippen molar-refractivity contribution in [3.8, 4) is 0 Å². The summed E-state index contributed by atoms with van der Waals surface area (Å²) in [5, 5.41) is 21.9. The van der Waals surface area contributed by atoms with Crippen LogP contribution in [0.4, 0.5) is 0 Å². The van der Waals surface area contributed by atoms with E-state index in [1.807, 2.05) is 0 Å². The van der Waals surface area contributed by atoms with Crippen LogP contribution in [0.25, 0.3) is 0 Å². The van der Waals surface area contributed by atoms with Crippen LogP contribution >= 0.6 is 0 Å². The summed E-state index contributed by atoms with van der Waals surface area (Å²) in [6, 6.07) is 0. The maximum absolute atomic E-state index is 11.7. The van der Waals surface area contributed by atoms with E-state index < -0.39 is 12.2 Å². The predicted molar refractivity (Wildman–Crippen MR) is 72.6 cm³/mol. The lowest BCUT2D eigenvalue weighted by molar-refractivity contribution is -0.130. The molecule has 0 aliphatic heterocycles. The molecule has 0 aliphatic rings. The molecule has 0 aromatic heterocycles. The molecule has 5 N–H and O–H groups in total. The molecule has 3 atom stereocenters. The van der Waals surface area contributed by atoms with E-state index in [-0.39, 0.29) is 42.9 Å². The topological polar surface area (TPSA) is 113 Å². The number of ketones is 2. The van der Waals surface area contributed by atoms with E-state index in [0.29, 0.717) is 6.54 Å². The molecule has 3 unspecified atom stereocenters. The summed E-state index contributed by atoms with van der Waals surface area (Å²) < 4.78 is 0. The molecular formula is C13H26N2O4. The molecular weight excluding hydrogens is 248 g/mol. The Morgan fingerprint density at radius 1 is 1.05 bits per heavy atom. The van der Waals surface area contributed by atoms with E-state index in [1.165, 1.54) is 0 Å².